The van der Waals surface area contributed by atoms with Gasteiger partial charge in [0.05, 0.1) is 17.5 Å². The molecule has 1 heterocycles. The van der Waals surface area contributed by atoms with E-state index in [4.69, 9.17) is 4.84 Å². The third kappa shape index (κ3) is 3.45. The van der Waals surface area contributed by atoms with E-state index in [9.17, 15) is 14.4 Å². The van der Waals surface area contributed by atoms with Crippen molar-refractivity contribution >= 4 is 17.8 Å². The lowest BCUT2D eigenvalue weighted by atomic mass is 10.0. The third-order valence-corrected chi connectivity index (χ3v) is 4.21. The van der Waals surface area contributed by atoms with Crippen molar-refractivity contribution in [2.45, 2.75) is 32.6 Å². The monoisotopic (exact) mass is 337 g/mol. The average molecular weight is 337 g/mol. The molecule has 5 nitrogen and oxygen atoms in total. The number of hydrogen-bond donors (Lipinski definition) is 0. The molecule has 5 heteroatoms. The van der Waals surface area contributed by atoms with Gasteiger partial charge in [-0.25, -0.2) is 4.79 Å². The smallest absolute Gasteiger partial charge is 0.330 e. The fourth-order valence-electron chi connectivity index (χ4n) is 2.71. The molecule has 1 aliphatic rings. The van der Waals surface area contributed by atoms with Gasteiger partial charge in [-0.15, -0.1) is 0 Å². The van der Waals surface area contributed by atoms with E-state index in [0.29, 0.717) is 17.4 Å². The van der Waals surface area contributed by atoms with Gasteiger partial charge >= 0.3 is 5.97 Å². The van der Waals surface area contributed by atoms with Gasteiger partial charge in [0.1, 0.15) is 0 Å². The highest BCUT2D eigenvalue weighted by molar-refractivity contribution is 6.20. The van der Waals surface area contributed by atoms with Crippen LogP contribution in [-0.4, -0.2) is 22.8 Å². The number of benzene rings is 2. The predicted octanol–water partition coefficient (Wildman–Crippen LogP) is 3.50. The highest BCUT2D eigenvalue weighted by Gasteiger charge is 2.38. The Labute approximate surface area is 146 Å². The Kier molecular flexibility index (Phi) is 4.65. The van der Waals surface area contributed by atoms with E-state index >= 15 is 0 Å². The van der Waals surface area contributed by atoms with E-state index in [2.05, 4.69) is 13.8 Å². The number of rotatable bonds is 5. The zero-order valence-corrected chi connectivity index (χ0v) is 14.2. The van der Waals surface area contributed by atoms with Gasteiger partial charge in [0, 0.05) is 0 Å². The van der Waals surface area contributed by atoms with Crippen LogP contribution in [0.2, 0.25) is 0 Å². The number of fused-ring (bicyclic) bond motifs is 1. The van der Waals surface area contributed by atoms with E-state index in [1.807, 2.05) is 24.3 Å². The molecule has 3 rings (SSSR count). The number of hydrogen-bond acceptors (Lipinski definition) is 4. The second-order valence-corrected chi connectivity index (χ2v) is 6.31. The Morgan fingerprint density at radius 2 is 1.52 bits per heavy atom. The fourth-order valence-corrected chi connectivity index (χ4v) is 2.71. The summed E-state index contributed by atoms with van der Waals surface area (Å²) in [6, 6.07) is 14.4. The lowest BCUT2D eigenvalue weighted by molar-refractivity contribution is -0.168. The number of nitrogens with zero attached hydrogens (tertiary/aromatic N) is 1. The van der Waals surface area contributed by atoms with Gasteiger partial charge in [-0.05, 0) is 35.6 Å². The fraction of sp³-hybridized carbons (Fsp3) is 0.250. The van der Waals surface area contributed by atoms with Crippen molar-refractivity contribution < 1.29 is 19.2 Å². The first-order valence-electron chi connectivity index (χ1n) is 8.25. The molecule has 128 valence electrons. The average Bonchev–Trinajstić information content (AvgIpc) is 2.86. The Morgan fingerprint density at radius 3 is 2.04 bits per heavy atom. The zero-order valence-electron chi connectivity index (χ0n) is 14.2. The van der Waals surface area contributed by atoms with Crippen LogP contribution in [0.15, 0.2) is 48.5 Å². The van der Waals surface area contributed by atoms with E-state index < -0.39 is 17.8 Å². The quantitative estimate of drug-likeness (QED) is 0.784. The summed E-state index contributed by atoms with van der Waals surface area (Å²) in [4.78, 5) is 41.3. The third-order valence-electron chi connectivity index (χ3n) is 4.21. The molecule has 0 bridgehead atoms. The molecule has 0 atom stereocenters. The van der Waals surface area contributed by atoms with Gasteiger partial charge < -0.3 is 4.84 Å². The molecule has 2 amide bonds. The molecule has 0 spiro atoms. The molecule has 0 radical (unpaired) electrons. The van der Waals surface area contributed by atoms with Gasteiger partial charge in [-0.3, -0.25) is 9.59 Å². The van der Waals surface area contributed by atoms with Crippen LogP contribution in [-0.2, 0) is 16.1 Å². The van der Waals surface area contributed by atoms with Crippen molar-refractivity contribution in [3.8, 4) is 0 Å². The van der Waals surface area contributed by atoms with Crippen LogP contribution in [0.25, 0.3) is 0 Å². The molecule has 0 aromatic heterocycles. The normalized spacial score (nSPS) is 13.3. The summed E-state index contributed by atoms with van der Waals surface area (Å²) in [6.45, 7) is 4.24. The summed E-state index contributed by atoms with van der Waals surface area (Å²) in [7, 11) is 0. The van der Waals surface area contributed by atoms with Crippen molar-refractivity contribution in [2.24, 2.45) is 0 Å². The molecule has 2 aromatic rings. The Hall–Kier alpha value is -2.95. The minimum Gasteiger partial charge on any atom is -0.330 e. The van der Waals surface area contributed by atoms with Gasteiger partial charge in [-0.2, -0.15) is 0 Å². The minimum atomic E-state index is -0.609. The molecule has 2 aromatic carbocycles. The summed E-state index contributed by atoms with van der Waals surface area (Å²) in [6.07, 6.45) is 0.578. The Balaban J connectivity index is 1.58. The largest absolute Gasteiger partial charge is 0.333 e. The zero-order chi connectivity index (χ0) is 18.0. The molecule has 1 aliphatic heterocycles. The SMILES string of the molecule is CC(C)c1ccc(CCC(=O)ON2C(=O)c3ccccc3C2=O)cc1. The standard InChI is InChI=1S/C20H19NO4/c1-13(2)15-10-7-14(8-11-15)9-12-18(22)25-21-19(23)16-5-3-4-6-17(16)20(21)24/h3-8,10-11,13H,9,12H2,1-2H3. The first-order chi connectivity index (χ1) is 12.0. The molecule has 0 N–H and O–H groups in total. The first kappa shape index (κ1) is 16.9. The molecular weight excluding hydrogens is 318 g/mol. The van der Waals surface area contributed by atoms with Crippen LogP contribution >= 0.6 is 0 Å². The van der Waals surface area contributed by atoms with Crippen molar-refractivity contribution in [3.05, 3.63) is 70.8 Å². The maximum Gasteiger partial charge on any atom is 0.333 e. The van der Waals surface area contributed by atoms with E-state index in [0.717, 1.165) is 5.56 Å². The Bertz CT molecular complexity index is 789. The topological polar surface area (TPSA) is 63.7 Å². The van der Waals surface area contributed by atoms with Crippen molar-refractivity contribution in [2.75, 3.05) is 0 Å². The van der Waals surface area contributed by atoms with Gasteiger partial charge in [0.2, 0.25) is 0 Å². The van der Waals surface area contributed by atoms with Gasteiger partial charge in [-0.1, -0.05) is 55.3 Å². The summed E-state index contributed by atoms with van der Waals surface area (Å²) in [5, 5.41) is 0.550. The maximum absolute atomic E-state index is 12.1. The van der Waals surface area contributed by atoms with Crippen LogP contribution in [0.5, 0.6) is 0 Å². The number of carbonyl (C=O) groups is 3. The molecule has 0 saturated heterocycles. The summed E-state index contributed by atoms with van der Waals surface area (Å²) in [5.74, 6) is -1.36. The van der Waals surface area contributed by atoms with Gasteiger partial charge in [0.15, 0.2) is 0 Å². The van der Waals surface area contributed by atoms with Crippen molar-refractivity contribution in [1.82, 2.24) is 5.06 Å². The highest BCUT2D eigenvalue weighted by Crippen LogP contribution is 2.23. The van der Waals surface area contributed by atoms with E-state index in [-0.39, 0.29) is 17.5 Å². The second-order valence-electron chi connectivity index (χ2n) is 6.31. The maximum atomic E-state index is 12.1. The summed E-state index contributed by atoms with van der Waals surface area (Å²) >= 11 is 0. The van der Waals surface area contributed by atoms with Crippen LogP contribution in [0.1, 0.15) is 58.0 Å². The summed E-state index contributed by atoms with van der Waals surface area (Å²) in [5.41, 5.74) is 2.75. The van der Waals surface area contributed by atoms with Crippen LogP contribution in [0.4, 0.5) is 0 Å². The van der Waals surface area contributed by atoms with Crippen LogP contribution in [0, 0.1) is 0 Å². The highest BCUT2D eigenvalue weighted by atomic mass is 16.7. The molecule has 0 unspecified atom stereocenters. The number of imide groups is 1. The number of carbonyl (C=O) groups excluding carboxylic acids is 3. The summed E-state index contributed by atoms with van der Waals surface area (Å²) < 4.78 is 0. The number of amides is 2. The molecule has 25 heavy (non-hydrogen) atoms. The lowest BCUT2D eigenvalue weighted by Crippen LogP contribution is -2.32. The second kappa shape index (κ2) is 6.89. The molecule has 0 aliphatic carbocycles. The van der Waals surface area contributed by atoms with E-state index in [1.54, 1.807) is 24.3 Å². The number of hydroxylamine groups is 2. The number of aryl methyl sites for hydroxylation is 1. The first-order valence-corrected chi connectivity index (χ1v) is 8.25. The van der Waals surface area contributed by atoms with Crippen molar-refractivity contribution in [1.29, 1.82) is 0 Å². The van der Waals surface area contributed by atoms with Crippen LogP contribution in [0.3, 0.4) is 0 Å². The molecular formula is C20H19NO4. The van der Waals surface area contributed by atoms with Crippen LogP contribution < -0.4 is 0 Å². The Morgan fingerprint density at radius 1 is 0.960 bits per heavy atom. The molecule has 0 fully saturated rings. The lowest BCUT2D eigenvalue weighted by Gasteiger charge is -2.12. The van der Waals surface area contributed by atoms with E-state index in [1.165, 1.54) is 5.56 Å². The predicted molar refractivity (Wildman–Crippen MR) is 91.9 cm³/mol. The van der Waals surface area contributed by atoms with Crippen molar-refractivity contribution in [3.63, 3.8) is 0 Å². The van der Waals surface area contributed by atoms with Gasteiger partial charge in [0.25, 0.3) is 11.8 Å². The molecule has 0 saturated carbocycles. The minimum absolute atomic E-state index is 0.0917.